The van der Waals surface area contributed by atoms with Crippen LogP contribution in [0.1, 0.15) is 84.7 Å². The molecular weight excluding hydrogens is 514 g/mol. The molecule has 9 nitrogen and oxygen atoms in total. The van der Waals surface area contributed by atoms with E-state index in [1.54, 1.807) is 24.9 Å². The van der Waals surface area contributed by atoms with Gasteiger partial charge in [0.15, 0.2) is 12.2 Å². The molecule has 2 saturated heterocycles. The summed E-state index contributed by atoms with van der Waals surface area (Å²) < 4.78 is 0. The Hall–Kier alpha value is -3.67. The van der Waals surface area contributed by atoms with Crippen LogP contribution in [0.4, 0.5) is 4.79 Å². The van der Waals surface area contributed by atoms with Crippen LogP contribution in [0, 0.1) is 24.8 Å². The number of aliphatic imine (C=N–C) groups is 1. The number of unbranched alkanes of at least 4 members (excludes halogenated alkanes) is 3. The third-order valence-electron chi connectivity index (χ3n) is 7.67. The second-order valence-electron chi connectivity index (χ2n) is 11.0. The van der Waals surface area contributed by atoms with Crippen LogP contribution >= 0.6 is 0 Å². The first-order chi connectivity index (χ1) is 19.7. The van der Waals surface area contributed by atoms with E-state index in [1.807, 2.05) is 26.0 Å². The largest absolute Gasteiger partial charge is 0.342 e. The van der Waals surface area contributed by atoms with Gasteiger partial charge in [0, 0.05) is 37.1 Å². The average molecular weight is 562 g/mol. The van der Waals surface area contributed by atoms with E-state index >= 15 is 0 Å². The number of aromatic nitrogens is 2. The second-order valence-corrected chi connectivity index (χ2v) is 11.0. The predicted octanol–water partition coefficient (Wildman–Crippen LogP) is 3.61. The molecule has 1 aromatic rings. The maximum Gasteiger partial charge on any atom is 0.328 e. The molecule has 0 aromatic carbocycles. The molecule has 4 heterocycles. The first-order valence-corrected chi connectivity index (χ1v) is 15.0. The number of hydrogen-bond donors (Lipinski definition) is 0. The SMILES string of the molecule is C=C/C=c1/c(C)nc(CN2C(=O)C3C(N=C(N4CCCC(C)C4)N3C#CC)N(C)C2=O)n/c1=C/C.CCCCCC. The van der Waals surface area contributed by atoms with Crippen molar-refractivity contribution in [2.45, 2.75) is 98.8 Å². The fraction of sp³-hybridized carbons (Fsp3) is 0.594. The van der Waals surface area contributed by atoms with Gasteiger partial charge in [0.25, 0.3) is 5.91 Å². The van der Waals surface area contributed by atoms with E-state index in [4.69, 9.17) is 4.99 Å². The topological polar surface area (TPSA) is 85.2 Å². The third kappa shape index (κ3) is 7.16. The summed E-state index contributed by atoms with van der Waals surface area (Å²) in [6.07, 6.45) is 12.6. The van der Waals surface area contributed by atoms with Gasteiger partial charge in [0.1, 0.15) is 5.82 Å². The van der Waals surface area contributed by atoms with E-state index in [2.05, 4.69) is 54.2 Å². The summed E-state index contributed by atoms with van der Waals surface area (Å²) in [5.41, 5.74) is 0.760. The van der Waals surface area contributed by atoms with Gasteiger partial charge in [0.05, 0.1) is 11.9 Å². The van der Waals surface area contributed by atoms with Gasteiger partial charge < -0.3 is 9.80 Å². The summed E-state index contributed by atoms with van der Waals surface area (Å²) in [4.78, 5) is 47.8. The lowest BCUT2D eigenvalue weighted by Gasteiger charge is -2.40. The van der Waals surface area contributed by atoms with Crippen molar-refractivity contribution in [3.8, 4) is 12.0 Å². The number of carbonyl (C=O) groups excluding carboxylic acids is 2. The number of imide groups is 1. The fourth-order valence-corrected chi connectivity index (χ4v) is 5.51. The summed E-state index contributed by atoms with van der Waals surface area (Å²) in [5, 5.41) is 1.61. The number of piperidine rings is 1. The number of fused-ring (bicyclic) bond motifs is 1. The number of amides is 3. The van der Waals surface area contributed by atoms with Gasteiger partial charge in [0.2, 0.25) is 5.96 Å². The minimum atomic E-state index is -0.705. The smallest absolute Gasteiger partial charge is 0.328 e. The highest BCUT2D eigenvalue weighted by atomic mass is 16.2. The molecule has 0 spiro atoms. The quantitative estimate of drug-likeness (QED) is 0.390. The number of nitrogens with zero attached hydrogens (tertiary/aromatic N) is 7. The molecule has 9 heteroatoms. The normalized spacial score (nSPS) is 23.1. The molecule has 222 valence electrons. The molecule has 0 saturated carbocycles. The van der Waals surface area contributed by atoms with Gasteiger partial charge >= 0.3 is 6.03 Å². The van der Waals surface area contributed by atoms with Crippen LogP contribution in [-0.4, -0.2) is 79.8 Å². The first-order valence-electron chi connectivity index (χ1n) is 15.0. The van der Waals surface area contributed by atoms with E-state index in [0.29, 0.717) is 17.7 Å². The lowest BCUT2D eigenvalue weighted by atomic mass is 10.0. The predicted molar refractivity (Wildman–Crippen MR) is 165 cm³/mol. The molecule has 0 bridgehead atoms. The Morgan fingerprint density at radius 2 is 1.85 bits per heavy atom. The number of aryl methyl sites for hydroxylation is 1. The molecule has 2 fully saturated rings. The minimum absolute atomic E-state index is 0.0231. The van der Waals surface area contributed by atoms with Crippen molar-refractivity contribution < 1.29 is 9.59 Å². The molecule has 3 aliphatic rings. The third-order valence-corrected chi connectivity index (χ3v) is 7.67. The van der Waals surface area contributed by atoms with Gasteiger partial charge in [-0.1, -0.05) is 77.2 Å². The van der Waals surface area contributed by atoms with Crippen LogP contribution in [0.5, 0.6) is 0 Å². The number of likely N-dealkylation sites (N-methyl/N-ethyl adjacent to an activating group) is 1. The van der Waals surface area contributed by atoms with E-state index in [9.17, 15) is 9.59 Å². The molecule has 1 aromatic heterocycles. The maximum atomic E-state index is 13.7. The zero-order valence-corrected chi connectivity index (χ0v) is 26.0. The zero-order chi connectivity index (χ0) is 30.1. The monoisotopic (exact) mass is 561 g/mol. The van der Waals surface area contributed by atoms with Gasteiger partial charge in [-0.05, 0) is 39.5 Å². The molecule has 3 unspecified atom stereocenters. The fourth-order valence-electron chi connectivity index (χ4n) is 5.51. The Morgan fingerprint density at radius 3 is 2.44 bits per heavy atom. The molecule has 3 aliphatic heterocycles. The van der Waals surface area contributed by atoms with Crippen LogP contribution in [0.25, 0.3) is 12.2 Å². The van der Waals surface area contributed by atoms with E-state index in [1.165, 1.54) is 41.9 Å². The number of likely N-dealkylation sites (tertiary alicyclic amines) is 1. The van der Waals surface area contributed by atoms with Crippen LogP contribution in [-0.2, 0) is 11.3 Å². The minimum Gasteiger partial charge on any atom is -0.342 e. The summed E-state index contributed by atoms with van der Waals surface area (Å²) in [5.74, 6) is 4.20. The Balaban J connectivity index is 0.000000696. The molecular formula is C32H47N7O2. The van der Waals surface area contributed by atoms with Crippen molar-refractivity contribution in [3.05, 3.63) is 34.7 Å². The van der Waals surface area contributed by atoms with Crippen molar-refractivity contribution in [2.75, 3.05) is 20.1 Å². The van der Waals surface area contributed by atoms with Crippen molar-refractivity contribution in [3.63, 3.8) is 0 Å². The standard InChI is InChI=1S/C26H33N7O2.C6H14/c1-7-11-19-18(5)27-21(28-20(19)9-3)16-33-24(34)22-23(30(6)26(33)35)29-25(32(22)13-8-2)31-14-10-12-17(4)15-31;1-3-5-6-4-2/h7,9,11,17,22-23H,1,10,12,14-16H2,2-6H3;3-6H2,1-2H3/b19-11-,20-9+;. The van der Waals surface area contributed by atoms with Gasteiger partial charge in [-0.15, -0.1) is 0 Å². The van der Waals surface area contributed by atoms with Gasteiger partial charge in [-0.25, -0.2) is 19.8 Å². The lowest BCUT2D eigenvalue weighted by Crippen LogP contribution is -2.64. The number of allylic oxidation sites excluding steroid dienone is 1. The van der Waals surface area contributed by atoms with Crippen molar-refractivity contribution in [1.82, 2.24) is 29.6 Å². The molecule has 0 radical (unpaired) electrons. The number of carbonyl (C=O) groups is 2. The first kappa shape index (κ1) is 31.9. The van der Waals surface area contributed by atoms with Crippen LogP contribution < -0.4 is 10.6 Å². The Labute approximate surface area is 245 Å². The zero-order valence-electron chi connectivity index (χ0n) is 26.0. The van der Waals surface area contributed by atoms with Gasteiger partial charge in [-0.3, -0.25) is 14.6 Å². The summed E-state index contributed by atoms with van der Waals surface area (Å²) in [7, 11) is 1.68. The molecule has 3 atom stereocenters. The average Bonchev–Trinajstić information content (AvgIpc) is 3.34. The molecule has 0 aliphatic carbocycles. The Kier molecular flexibility index (Phi) is 11.5. The van der Waals surface area contributed by atoms with Crippen molar-refractivity contribution >= 4 is 30.0 Å². The van der Waals surface area contributed by atoms with E-state index < -0.39 is 18.2 Å². The highest BCUT2D eigenvalue weighted by molar-refractivity contribution is 6.04. The second kappa shape index (κ2) is 14.8. The van der Waals surface area contributed by atoms with Crippen LogP contribution in [0.15, 0.2) is 17.6 Å². The molecule has 4 rings (SSSR count). The molecule has 0 N–H and O–H groups in total. The highest BCUT2D eigenvalue weighted by Crippen LogP contribution is 2.30. The number of hydrogen-bond acceptors (Lipinski definition) is 7. The highest BCUT2D eigenvalue weighted by Gasteiger charge is 2.53. The van der Waals surface area contributed by atoms with E-state index in [-0.39, 0.29) is 12.5 Å². The Bertz CT molecular complexity index is 1320. The molecule has 3 amide bonds. The van der Waals surface area contributed by atoms with Crippen LogP contribution in [0.2, 0.25) is 0 Å². The lowest BCUT2D eigenvalue weighted by molar-refractivity contribution is -0.137. The maximum absolute atomic E-state index is 13.7. The molecule has 41 heavy (non-hydrogen) atoms. The number of urea groups is 1. The van der Waals surface area contributed by atoms with Gasteiger partial charge in [-0.2, -0.15) is 0 Å². The Morgan fingerprint density at radius 1 is 1.15 bits per heavy atom. The summed E-state index contributed by atoms with van der Waals surface area (Å²) >= 11 is 0. The summed E-state index contributed by atoms with van der Waals surface area (Å²) in [6, 6.07) is 1.96. The van der Waals surface area contributed by atoms with Crippen molar-refractivity contribution in [2.24, 2.45) is 10.9 Å². The summed E-state index contributed by atoms with van der Waals surface area (Å²) in [6.45, 7) is 17.6. The van der Waals surface area contributed by atoms with Crippen molar-refractivity contribution in [1.29, 1.82) is 0 Å². The number of rotatable bonds is 6. The van der Waals surface area contributed by atoms with E-state index in [0.717, 1.165) is 35.8 Å². The van der Waals surface area contributed by atoms with Crippen LogP contribution in [0.3, 0.4) is 0 Å². The number of guanidine groups is 1.